The van der Waals surface area contributed by atoms with Gasteiger partial charge in [0, 0.05) is 13.2 Å². The number of ether oxygens (including phenoxy) is 2. The molecule has 1 N–H and O–H groups in total. The Morgan fingerprint density at radius 2 is 1.55 bits per heavy atom. The first-order chi connectivity index (χ1) is 18.5. The zero-order chi connectivity index (χ0) is 27.0. The summed E-state index contributed by atoms with van der Waals surface area (Å²) in [5.41, 5.74) is 1.49. The van der Waals surface area contributed by atoms with Crippen LogP contribution >= 0.6 is 0 Å². The average molecular weight is 521 g/mol. The average Bonchev–Trinajstić information content (AvgIpc) is 2.95. The molecule has 0 bridgehead atoms. The minimum Gasteiger partial charge on any atom is -0.493 e. The Kier molecular flexibility index (Phi) is 9.33. The lowest BCUT2D eigenvalue weighted by molar-refractivity contribution is 0.149. The van der Waals surface area contributed by atoms with Crippen molar-refractivity contribution in [2.45, 2.75) is 31.1 Å². The molecular formula is C31H34F2N2O3. The Morgan fingerprint density at radius 3 is 2.08 bits per heavy atom. The van der Waals surface area contributed by atoms with Gasteiger partial charge in [0.1, 0.15) is 17.0 Å². The summed E-state index contributed by atoms with van der Waals surface area (Å²) in [6.07, 6.45) is 3.00. The van der Waals surface area contributed by atoms with Gasteiger partial charge in [0.05, 0.1) is 19.8 Å². The largest absolute Gasteiger partial charge is 0.493 e. The van der Waals surface area contributed by atoms with Crippen LogP contribution in [0.2, 0.25) is 0 Å². The number of rotatable bonds is 11. The molecular weight excluding hydrogens is 486 g/mol. The molecule has 0 unspecified atom stereocenters. The van der Waals surface area contributed by atoms with Crippen LogP contribution in [0.5, 0.6) is 11.5 Å². The van der Waals surface area contributed by atoms with Crippen molar-refractivity contribution in [3.8, 4) is 17.6 Å². The highest BCUT2D eigenvalue weighted by Gasteiger charge is 2.43. The van der Waals surface area contributed by atoms with E-state index in [2.05, 4.69) is 11.0 Å². The minimum absolute atomic E-state index is 0.0117. The van der Waals surface area contributed by atoms with Crippen LogP contribution in [0.1, 0.15) is 36.0 Å². The Morgan fingerprint density at radius 1 is 0.947 bits per heavy atom. The van der Waals surface area contributed by atoms with Crippen molar-refractivity contribution in [1.82, 2.24) is 4.90 Å². The number of halogens is 2. The fourth-order valence-corrected chi connectivity index (χ4v) is 5.46. The van der Waals surface area contributed by atoms with Crippen molar-refractivity contribution >= 4 is 0 Å². The summed E-state index contributed by atoms with van der Waals surface area (Å²) in [6.45, 7) is 3.15. The van der Waals surface area contributed by atoms with Crippen molar-refractivity contribution in [2.24, 2.45) is 5.92 Å². The Bertz CT molecular complexity index is 1170. The van der Waals surface area contributed by atoms with E-state index >= 15 is 0 Å². The monoisotopic (exact) mass is 520 g/mol. The predicted molar refractivity (Wildman–Crippen MR) is 142 cm³/mol. The van der Waals surface area contributed by atoms with Crippen molar-refractivity contribution in [2.75, 3.05) is 40.0 Å². The summed E-state index contributed by atoms with van der Waals surface area (Å²) in [5, 5.41) is 19.7. The van der Waals surface area contributed by atoms with Crippen LogP contribution in [0.4, 0.5) is 8.78 Å². The molecule has 0 radical (unpaired) electrons. The molecule has 0 aromatic heterocycles. The van der Waals surface area contributed by atoms with Gasteiger partial charge in [-0.3, -0.25) is 0 Å². The fraction of sp³-hybridized carbons (Fsp3) is 0.387. The van der Waals surface area contributed by atoms with Gasteiger partial charge in [-0.1, -0.05) is 30.3 Å². The number of likely N-dealkylation sites (tertiary alicyclic amines) is 1. The van der Waals surface area contributed by atoms with Crippen LogP contribution in [0.25, 0.3) is 0 Å². The van der Waals surface area contributed by atoms with Crippen molar-refractivity contribution in [3.63, 3.8) is 0 Å². The summed E-state index contributed by atoms with van der Waals surface area (Å²) in [4.78, 5) is 2.37. The minimum atomic E-state index is -0.977. The molecule has 3 aromatic rings. The molecule has 4 rings (SSSR count). The number of methoxy groups -OCH3 is 1. The SMILES string of the molecule is COc1cc(CCO)ccc1OCCCN1CCC(C(C#N)(c2ccc(F)cc2)c2ccc(F)cc2)CC1. The van der Waals surface area contributed by atoms with E-state index in [0.717, 1.165) is 55.6 Å². The predicted octanol–water partition coefficient (Wildman–Crippen LogP) is 5.50. The van der Waals surface area contributed by atoms with Gasteiger partial charge in [0.2, 0.25) is 0 Å². The van der Waals surface area contributed by atoms with E-state index < -0.39 is 5.41 Å². The lowest BCUT2D eigenvalue weighted by atomic mass is 9.63. The molecule has 0 spiro atoms. The molecule has 1 fully saturated rings. The van der Waals surface area contributed by atoms with Gasteiger partial charge in [0.25, 0.3) is 0 Å². The van der Waals surface area contributed by atoms with Gasteiger partial charge in [-0.2, -0.15) is 5.26 Å². The summed E-state index contributed by atoms with van der Waals surface area (Å²) >= 11 is 0. The van der Waals surface area contributed by atoms with Gasteiger partial charge in [-0.25, -0.2) is 8.78 Å². The second kappa shape index (κ2) is 12.9. The Balaban J connectivity index is 1.38. The van der Waals surface area contributed by atoms with Crippen LogP contribution in [-0.4, -0.2) is 50.0 Å². The maximum absolute atomic E-state index is 13.7. The number of hydrogen-bond acceptors (Lipinski definition) is 5. The number of aliphatic hydroxyl groups excluding tert-OH is 1. The van der Waals surface area contributed by atoms with Crippen molar-refractivity contribution in [3.05, 3.63) is 95.1 Å². The van der Waals surface area contributed by atoms with E-state index in [4.69, 9.17) is 14.6 Å². The van der Waals surface area contributed by atoms with Crippen LogP contribution in [0, 0.1) is 28.9 Å². The van der Waals surface area contributed by atoms with Crippen LogP contribution < -0.4 is 9.47 Å². The maximum Gasteiger partial charge on any atom is 0.161 e. The summed E-state index contributed by atoms with van der Waals surface area (Å²) in [7, 11) is 1.61. The number of aliphatic hydroxyl groups is 1. The van der Waals surface area contributed by atoms with E-state index in [9.17, 15) is 14.0 Å². The maximum atomic E-state index is 13.7. The molecule has 0 saturated carbocycles. The molecule has 0 aliphatic carbocycles. The van der Waals surface area contributed by atoms with Gasteiger partial charge >= 0.3 is 0 Å². The molecule has 1 heterocycles. The van der Waals surface area contributed by atoms with Gasteiger partial charge in [-0.05, 0) is 97.8 Å². The van der Waals surface area contributed by atoms with E-state index in [1.165, 1.54) is 24.3 Å². The smallest absolute Gasteiger partial charge is 0.161 e. The quantitative estimate of drug-likeness (QED) is 0.338. The normalized spacial score (nSPS) is 14.7. The van der Waals surface area contributed by atoms with E-state index in [0.29, 0.717) is 24.5 Å². The van der Waals surface area contributed by atoms with E-state index in [-0.39, 0.29) is 24.2 Å². The van der Waals surface area contributed by atoms with Crippen LogP contribution in [-0.2, 0) is 11.8 Å². The fourth-order valence-electron chi connectivity index (χ4n) is 5.46. The lowest BCUT2D eigenvalue weighted by Gasteiger charge is -2.41. The summed E-state index contributed by atoms with van der Waals surface area (Å²) in [5.74, 6) is 0.653. The molecule has 7 heteroatoms. The number of hydrogen-bond donors (Lipinski definition) is 1. The van der Waals surface area contributed by atoms with Gasteiger partial charge < -0.3 is 19.5 Å². The van der Waals surface area contributed by atoms with Crippen molar-refractivity contribution in [1.29, 1.82) is 5.26 Å². The highest BCUT2D eigenvalue weighted by molar-refractivity contribution is 5.47. The van der Waals surface area contributed by atoms with E-state index in [1.54, 1.807) is 31.4 Å². The second-order valence-electron chi connectivity index (χ2n) is 9.71. The number of piperidine rings is 1. The first-order valence-corrected chi connectivity index (χ1v) is 13.1. The number of nitriles is 1. The zero-order valence-corrected chi connectivity index (χ0v) is 21.7. The standard InChI is InChI=1S/C31H34F2N2O3/c1-37-30-21-23(15-19-36)3-12-29(30)38-20-2-16-35-17-13-26(14-18-35)31(22-34,24-4-8-27(32)9-5-24)25-6-10-28(33)11-7-25/h3-12,21,26,36H,2,13-20H2,1H3. The van der Waals surface area contributed by atoms with Gasteiger partial charge in [-0.15, -0.1) is 0 Å². The zero-order valence-electron chi connectivity index (χ0n) is 21.7. The second-order valence-corrected chi connectivity index (χ2v) is 9.71. The molecule has 1 aliphatic heterocycles. The Labute approximate surface area is 223 Å². The summed E-state index contributed by atoms with van der Waals surface area (Å²) < 4.78 is 38.8. The third kappa shape index (κ3) is 6.15. The van der Waals surface area contributed by atoms with Crippen LogP contribution in [0.15, 0.2) is 66.7 Å². The molecule has 5 nitrogen and oxygen atoms in total. The molecule has 38 heavy (non-hydrogen) atoms. The molecule has 0 atom stereocenters. The Hall–Kier alpha value is -3.47. The summed E-state index contributed by atoms with van der Waals surface area (Å²) in [6, 6.07) is 20.5. The number of benzene rings is 3. The molecule has 0 amide bonds. The third-order valence-corrected chi connectivity index (χ3v) is 7.48. The first-order valence-electron chi connectivity index (χ1n) is 13.1. The molecule has 1 saturated heterocycles. The third-order valence-electron chi connectivity index (χ3n) is 7.48. The lowest BCUT2D eigenvalue weighted by Crippen LogP contribution is -2.44. The highest BCUT2D eigenvalue weighted by Crippen LogP contribution is 2.44. The molecule has 3 aromatic carbocycles. The van der Waals surface area contributed by atoms with Gasteiger partial charge in [0.15, 0.2) is 11.5 Å². The first kappa shape index (κ1) is 27.6. The topological polar surface area (TPSA) is 65.7 Å². The van der Waals surface area contributed by atoms with E-state index in [1.807, 2.05) is 18.2 Å². The molecule has 1 aliphatic rings. The van der Waals surface area contributed by atoms with Crippen molar-refractivity contribution < 1.29 is 23.4 Å². The number of nitrogens with zero attached hydrogens (tertiary/aromatic N) is 2. The van der Waals surface area contributed by atoms with Crippen LogP contribution in [0.3, 0.4) is 0 Å². The highest BCUT2D eigenvalue weighted by atomic mass is 19.1. The molecule has 200 valence electrons.